The molecule has 172 valence electrons. The molecule has 0 bridgehead atoms. The molecule has 3 aliphatic rings. The maximum absolute atomic E-state index is 13.2. The van der Waals surface area contributed by atoms with E-state index in [0.29, 0.717) is 43.0 Å². The molecule has 4 aromatic rings. The van der Waals surface area contributed by atoms with Crippen molar-refractivity contribution in [3.63, 3.8) is 0 Å². The lowest BCUT2D eigenvalue weighted by Gasteiger charge is -2.50. The van der Waals surface area contributed by atoms with Crippen LogP contribution >= 0.6 is 0 Å². The Morgan fingerprint density at radius 2 is 1.82 bits per heavy atom. The van der Waals surface area contributed by atoms with E-state index in [9.17, 15) is 14.7 Å². The van der Waals surface area contributed by atoms with E-state index in [1.54, 1.807) is 17.0 Å². The van der Waals surface area contributed by atoms with E-state index < -0.39 is 5.60 Å². The standard InChI is InChI=1S/C25H24N6O3/c1-13-2-3-14-7-22(26-20(14)6-13)24(33)31-11-18-16-9-30(10-17(16)25(18,34)12-31)23(32)15-4-5-19-21(8-15)28-29-27-19/h2-8,16-18,26,34H,9-12H2,1H3,(H,27,28,29)/t16-,17+,18?,25?/m0/s1. The number of aromatic nitrogens is 4. The van der Waals surface area contributed by atoms with Gasteiger partial charge in [0, 0.05) is 47.9 Å². The molecule has 1 saturated carbocycles. The van der Waals surface area contributed by atoms with E-state index in [1.165, 1.54) is 0 Å². The summed E-state index contributed by atoms with van der Waals surface area (Å²) in [5.74, 6) is 0.0445. The number of benzene rings is 2. The number of aliphatic hydroxyl groups is 1. The Hall–Kier alpha value is -3.72. The normalized spacial score (nSPS) is 27.8. The zero-order valence-corrected chi connectivity index (χ0v) is 18.7. The molecule has 9 heteroatoms. The third kappa shape index (κ3) is 2.64. The predicted octanol–water partition coefficient (Wildman–Crippen LogP) is 1.95. The first-order valence-corrected chi connectivity index (χ1v) is 11.6. The Morgan fingerprint density at radius 3 is 2.68 bits per heavy atom. The van der Waals surface area contributed by atoms with Gasteiger partial charge in [0.05, 0.1) is 17.7 Å². The molecule has 2 aliphatic heterocycles. The van der Waals surface area contributed by atoms with Crippen molar-refractivity contribution >= 4 is 33.8 Å². The van der Waals surface area contributed by atoms with Crippen LogP contribution in [0.2, 0.25) is 0 Å². The molecule has 0 radical (unpaired) electrons. The molecular formula is C25H24N6O3. The number of nitrogens with zero attached hydrogens (tertiary/aromatic N) is 4. The van der Waals surface area contributed by atoms with Crippen molar-refractivity contribution in [2.45, 2.75) is 12.5 Å². The average molecular weight is 457 g/mol. The summed E-state index contributed by atoms with van der Waals surface area (Å²) in [6, 6.07) is 13.3. The number of aromatic amines is 2. The lowest BCUT2D eigenvalue weighted by molar-refractivity contribution is -0.145. The minimum atomic E-state index is -0.936. The minimum absolute atomic E-state index is 0.0103. The van der Waals surface area contributed by atoms with E-state index in [4.69, 9.17) is 0 Å². The molecule has 2 unspecified atom stereocenters. The zero-order chi connectivity index (χ0) is 23.2. The number of nitrogens with one attached hydrogen (secondary N) is 2. The van der Waals surface area contributed by atoms with Gasteiger partial charge < -0.3 is 19.9 Å². The summed E-state index contributed by atoms with van der Waals surface area (Å²) in [7, 11) is 0. The van der Waals surface area contributed by atoms with Gasteiger partial charge in [-0.25, -0.2) is 0 Å². The topological polar surface area (TPSA) is 118 Å². The summed E-state index contributed by atoms with van der Waals surface area (Å²) in [5.41, 5.74) is 3.71. The molecule has 1 aliphatic carbocycles. The van der Waals surface area contributed by atoms with E-state index >= 15 is 0 Å². The van der Waals surface area contributed by atoms with Crippen LogP contribution in [-0.2, 0) is 0 Å². The van der Waals surface area contributed by atoms with Gasteiger partial charge in [-0.3, -0.25) is 14.7 Å². The number of carbonyl (C=O) groups excluding carboxylic acids is 2. The van der Waals surface area contributed by atoms with Crippen molar-refractivity contribution in [1.82, 2.24) is 30.2 Å². The zero-order valence-electron chi connectivity index (χ0n) is 18.7. The van der Waals surface area contributed by atoms with Gasteiger partial charge in [-0.05, 0) is 48.7 Å². The average Bonchev–Trinajstić information content (AvgIpc) is 3.60. The van der Waals surface area contributed by atoms with Crippen LogP contribution in [0, 0.1) is 24.7 Å². The van der Waals surface area contributed by atoms with Gasteiger partial charge in [-0.2, -0.15) is 0 Å². The first kappa shape index (κ1) is 19.7. The van der Waals surface area contributed by atoms with Crippen molar-refractivity contribution < 1.29 is 14.7 Å². The number of amides is 2. The van der Waals surface area contributed by atoms with Crippen LogP contribution in [0.25, 0.3) is 21.9 Å². The number of likely N-dealkylation sites (tertiary alicyclic amines) is 2. The molecule has 34 heavy (non-hydrogen) atoms. The lowest BCUT2D eigenvalue weighted by atomic mass is 9.56. The maximum Gasteiger partial charge on any atom is 0.270 e. The molecule has 3 fully saturated rings. The number of hydrogen-bond donors (Lipinski definition) is 3. The molecule has 3 N–H and O–H groups in total. The molecule has 0 spiro atoms. The number of H-pyrrole nitrogens is 2. The third-order valence-electron chi connectivity index (χ3n) is 8.18. The van der Waals surface area contributed by atoms with Gasteiger partial charge in [-0.1, -0.05) is 17.3 Å². The van der Waals surface area contributed by atoms with Gasteiger partial charge in [-0.15, -0.1) is 5.10 Å². The minimum Gasteiger partial charge on any atom is -0.387 e. The Bertz CT molecular complexity index is 1490. The second kappa shape index (κ2) is 6.66. The highest BCUT2D eigenvalue weighted by Gasteiger charge is 2.68. The smallest absolute Gasteiger partial charge is 0.270 e. The summed E-state index contributed by atoms with van der Waals surface area (Å²) >= 11 is 0. The number of fused-ring (bicyclic) bond motifs is 6. The van der Waals surface area contributed by atoms with Crippen molar-refractivity contribution in [3.05, 3.63) is 59.3 Å². The molecule has 4 heterocycles. The highest BCUT2D eigenvalue weighted by atomic mass is 16.3. The van der Waals surface area contributed by atoms with Crippen molar-refractivity contribution in [2.24, 2.45) is 17.8 Å². The number of aryl methyl sites for hydroxylation is 1. The van der Waals surface area contributed by atoms with Crippen LogP contribution in [0.1, 0.15) is 26.4 Å². The Kier molecular flexibility index (Phi) is 3.87. The number of β-amino-alcohol motifs (C(OH)–C–C–N with tert-alkyl or cyclic N) is 1. The van der Waals surface area contributed by atoms with E-state index in [0.717, 1.165) is 22.0 Å². The quantitative estimate of drug-likeness (QED) is 0.426. The second-order valence-electron chi connectivity index (χ2n) is 10.1. The molecule has 4 atom stereocenters. The highest BCUT2D eigenvalue weighted by Crippen LogP contribution is 2.57. The van der Waals surface area contributed by atoms with E-state index in [2.05, 4.69) is 20.4 Å². The monoisotopic (exact) mass is 456 g/mol. The first-order valence-electron chi connectivity index (χ1n) is 11.6. The maximum atomic E-state index is 13.2. The van der Waals surface area contributed by atoms with Gasteiger partial charge >= 0.3 is 0 Å². The first-order chi connectivity index (χ1) is 16.4. The lowest BCUT2D eigenvalue weighted by Crippen LogP contribution is -2.61. The van der Waals surface area contributed by atoms with Crippen molar-refractivity contribution in [3.8, 4) is 0 Å². The molecule has 2 amide bonds. The SMILES string of the molecule is Cc1ccc2cc(C(=O)N3CC4[C@H]5CN(C(=O)c6ccc7[nH]nnc7c6)C[C@H]5C4(O)C3)[nH]c2c1. The van der Waals surface area contributed by atoms with E-state index in [-0.39, 0.29) is 29.6 Å². The summed E-state index contributed by atoms with van der Waals surface area (Å²) in [5, 5.41) is 23.1. The fourth-order valence-electron chi connectivity index (χ4n) is 6.43. The third-order valence-corrected chi connectivity index (χ3v) is 8.18. The summed E-state index contributed by atoms with van der Waals surface area (Å²) < 4.78 is 0. The molecule has 2 saturated heterocycles. The molecule has 9 nitrogen and oxygen atoms in total. The fourth-order valence-corrected chi connectivity index (χ4v) is 6.43. The van der Waals surface area contributed by atoms with Crippen LogP contribution in [0.3, 0.4) is 0 Å². The molecule has 2 aromatic carbocycles. The number of hydrogen-bond acceptors (Lipinski definition) is 5. The van der Waals surface area contributed by atoms with E-state index in [1.807, 2.05) is 42.2 Å². The Morgan fingerprint density at radius 1 is 1.00 bits per heavy atom. The van der Waals surface area contributed by atoms with Crippen LogP contribution in [0.4, 0.5) is 0 Å². The number of rotatable bonds is 2. The molecular weight excluding hydrogens is 432 g/mol. The van der Waals surface area contributed by atoms with Crippen LogP contribution in [0.5, 0.6) is 0 Å². The van der Waals surface area contributed by atoms with Crippen molar-refractivity contribution in [2.75, 3.05) is 26.2 Å². The largest absolute Gasteiger partial charge is 0.387 e. The van der Waals surface area contributed by atoms with Crippen LogP contribution in [0.15, 0.2) is 42.5 Å². The summed E-state index contributed by atoms with van der Waals surface area (Å²) in [6.45, 7) is 3.94. The predicted molar refractivity (Wildman–Crippen MR) is 124 cm³/mol. The van der Waals surface area contributed by atoms with Gasteiger partial charge in [0.15, 0.2) is 0 Å². The Balaban J connectivity index is 1.07. The second-order valence-corrected chi connectivity index (χ2v) is 10.1. The van der Waals surface area contributed by atoms with Crippen LogP contribution < -0.4 is 0 Å². The molecule has 7 rings (SSSR count). The molecule has 2 aromatic heterocycles. The van der Waals surface area contributed by atoms with Crippen LogP contribution in [-0.4, -0.2) is 78.9 Å². The fraction of sp³-hybridized carbons (Fsp3) is 0.360. The van der Waals surface area contributed by atoms with Gasteiger partial charge in [0.1, 0.15) is 11.2 Å². The van der Waals surface area contributed by atoms with Gasteiger partial charge in [0.2, 0.25) is 0 Å². The van der Waals surface area contributed by atoms with Crippen molar-refractivity contribution in [1.29, 1.82) is 0 Å². The Labute approximate surface area is 194 Å². The number of carbonyl (C=O) groups is 2. The summed E-state index contributed by atoms with van der Waals surface area (Å²) in [6.07, 6.45) is 0. The van der Waals surface area contributed by atoms with Gasteiger partial charge in [0.25, 0.3) is 11.8 Å². The summed E-state index contributed by atoms with van der Waals surface area (Å²) in [4.78, 5) is 33.2. The highest BCUT2D eigenvalue weighted by molar-refractivity contribution is 5.99.